The van der Waals surface area contributed by atoms with Crippen LogP contribution >= 0.6 is 0 Å². The molecule has 0 bridgehead atoms. The molecule has 0 aliphatic carbocycles. The summed E-state index contributed by atoms with van der Waals surface area (Å²) in [7, 11) is -3.99. The molecule has 3 rings (SSSR count). The van der Waals surface area contributed by atoms with Gasteiger partial charge < -0.3 is 9.15 Å². The Labute approximate surface area is 150 Å². The summed E-state index contributed by atoms with van der Waals surface area (Å²) in [6, 6.07) is 5.78. The van der Waals surface area contributed by atoms with Gasteiger partial charge in [-0.05, 0) is 37.3 Å². The van der Waals surface area contributed by atoms with E-state index in [-0.39, 0.29) is 17.5 Å². The van der Waals surface area contributed by atoms with Crippen molar-refractivity contribution in [1.29, 1.82) is 0 Å². The van der Waals surface area contributed by atoms with Crippen LogP contribution in [0.3, 0.4) is 0 Å². The first-order valence-electron chi connectivity index (χ1n) is 8.19. The highest BCUT2D eigenvalue weighted by Crippen LogP contribution is 2.24. The number of halogens is 2. The molecule has 6 nitrogen and oxygen atoms in total. The van der Waals surface area contributed by atoms with Gasteiger partial charge in [-0.15, -0.1) is 0 Å². The molecule has 1 aliphatic heterocycles. The van der Waals surface area contributed by atoms with Gasteiger partial charge in [0.25, 0.3) is 0 Å². The minimum Gasteiger partial charge on any atom is -0.465 e. The fourth-order valence-corrected chi connectivity index (χ4v) is 3.90. The van der Waals surface area contributed by atoms with Crippen molar-refractivity contribution in [2.24, 2.45) is 0 Å². The summed E-state index contributed by atoms with van der Waals surface area (Å²) in [4.78, 5) is 1.74. The number of hydrogen-bond acceptors (Lipinski definition) is 5. The largest absolute Gasteiger partial charge is 0.465 e. The van der Waals surface area contributed by atoms with Gasteiger partial charge in [0, 0.05) is 19.6 Å². The summed E-state index contributed by atoms with van der Waals surface area (Å²) >= 11 is 0. The zero-order valence-electron chi connectivity index (χ0n) is 14.2. The van der Waals surface area contributed by atoms with Crippen LogP contribution in [0.25, 0.3) is 0 Å². The van der Waals surface area contributed by atoms with Gasteiger partial charge in [0.15, 0.2) is 11.6 Å². The number of nitrogens with one attached hydrogen (secondary N) is 1. The van der Waals surface area contributed by atoms with Crippen LogP contribution in [0.2, 0.25) is 0 Å². The number of ether oxygens (including phenoxy) is 1. The molecular weight excluding hydrogens is 366 g/mol. The lowest BCUT2D eigenvalue weighted by atomic mass is 10.2. The number of nitrogens with zero attached hydrogens (tertiary/aromatic N) is 1. The molecule has 26 heavy (non-hydrogen) atoms. The molecule has 1 fully saturated rings. The summed E-state index contributed by atoms with van der Waals surface area (Å²) in [6.07, 6.45) is 0. The van der Waals surface area contributed by atoms with Crippen molar-refractivity contribution in [3.8, 4) is 0 Å². The van der Waals surface area contributed by atoms with Crippen LogP contribution in [-0.2, 0) is 14.8 Å². The highest BCUT2D eigenvalue weighted by Gasteiger charge is 2.27. The van der Waals surface area contributed by atoms with Gasteiger partial charge in [-0.3, -0.25) is 4.90 Å². The van der Waals surface area contributed by atoms with Crippen LogP contribution in [0.4, 0.5) is 8.78 Å². The molecule has 2 aromatic rings. The van der Waals surface area contributed by atoms with Crippen molar-refractivity contribution in [1.82, 2.24) is 9.62 Å². The predicted molar refractivity (Wildman–Crippen MR) is 90.1 cm³/mol. The smallest absolute Gasteiger partial charge is 0.240 e. The monoisotopic (exact) mass is 386 g/mol. The van der Waals surface area contributed by atoms with Crippen LogP contribution in [0.15, 0.2) is 39.6 Å². The van der Waals surface area contributed by atoms with E-state index in [1.165, 1.54) is 0 Å². The molecule has 1 saturated heterocycles. The highest BCUT2D eigenvalue weighted by molar-refractivity contribution is 7.89. The van der Waals surface area contributed by atoms with Gasteiger partial charge in [-0.25, -0.2) is 21.9 Å². The zero-order chi connectivity index (χ0) is 18.7. The molecule has 0 radical (unpaired) electrons. The topological polar surface area (TPSA) is 71.8 Å². The van der Waals surface area contributed by atoms with Crippen molar-refractivity contribution in [2.45, 2.75) is 17.9 Å². The third-order valence-corrected chi connectivity index (χ3v) is 5.67. The van der Waals surface area contributed by atoms with Crippen LogP contribution < -0.4 is 4.72 Å². The average Bonchev–Trinajstić information content (AvgIpc) is 3.04. The molecule has 1 aromatic heterocycles. The predicted octanol–water partition coefficient (Wildman–Crippen LogP) is 2.22. The Balaban J connectivity index is 1.79. The van der Waals surface area contributed by atoms with Gasteiger partial charge in [-0.1, -0.05) is 0 Å². The Kier molecular flexibility index (Phi) is 5.71. The molecular formula is C17H20F2N2O4S. The number of rotatable bonds is 6. The number of aryl methyl sites for hydroxylation is 1. The van der Waals surface area contributed by atoms with E-state index in [1.54, 1.807) is 6.07 Å². The van der Waals surface area contributed by atoms with Gasteiger partial charge in [0.2, 0.25) is 10.0 Å². The van der Waals surface area contributed by atoms with E-state index in [0.717, 1.165) is 17.9 Å². The van der Waals surface area contributed by atoms with Gasteiger partial charge in [-0.2, -0.15) is 0 Å². The van der Waals surface area contributed by atoms with Crippen LogP contribution in [0.1, 0.15) is 17.6 Å². The Morgan fingerprint density at radius 3 is 2.50 bits per heavy atom. The van der Waals surface area contributed by atoms with E-state index in [0.29, 0.717) is 38.1 Å². The van der Waals surface area contributed by atoms with Crippen LogP contribution in [0.5, 0.6) is 0 Å². The zero-order valence-corrected chi connectivity index (χ0v) is 15.1. The quantitative estimate of drug-likeness (QED) is 0.824. The second-order valence-electron chi connectivity index (χ2n) is 6.04. The summed E-state index contributed by atoms with van der Waals surface area (Å²) in [5.74, 6) is -0.945. The average molecular weight is 386 g/mol. The Hall–Kier alpha value is -1.81. The molecule has 142 valence electrons. The van der Waals surface area contributed by atoms with Crippen LogP contribution in [0, 0.1) is 18.6 Å². The number of furan rings is 1. The minimum absolute atomic E-state index is 0.0360. The van der Waals surface area contributed by atoms with Crippen molar-refractivity contribution in [3.63, 3.8) is 0 Å². The highest BCUT2D eigenvalue weighted by atomic mass is 32.2. The van der Waals surface area contributed by atoms with E-state index >= 15 is 0 Å². The normalized spacial score (nSPS) is 17.3. The van der Waals surface area contributed by atoms with E-state index in [1.807, 2.05) is 13.0 Å². The maximum Gasteiger partial charge on any atom is 0.240 e. The van der Waals surface area contributed by atoms with Gasteiger partial charge >= 0.3 is 0 Å². The third kappa shape index (κ3) is 4.29. The lowest BCUT2D eigenvalue weighted by molar-refractivity contribution is 0.0127. The van der Waals surface area contributed by atoms with Crippen LogP contribution in [-0.4, -0.2) is 46.2 Å². The summed E-state index contributed by atoms with van der Waals surface area (Å²) < 4.78 is 64.8. The van der Waals surface area contributed by atoms with Gasteiger partial charge in [0.05, 0.1) is 24.2 Å². The number of hydrogen-bond donors (Lipinski definition) is 1. The maximum atomic E-state index is 13.4. The fraction of sp³-hybridized carbons (Fsp3) is 0.412. The van der Waals surface area contributed by atoms with E-state index < -0.39 is 21.7 Å². The van der Waals surface area contributed by atoms with E-state index in [4.69, 9.17) is 9.15 Å². The summed E-state index contributed by atoms with van der Waals surface area (Å²) in [5, 5.41) is 0. The molecule has 1 aromatic carbocycles. The molecule has 1 N–H and O–H groups in total. The number of benzene rings is 1. The Morgan fingerprint density at radius 1 is 1.15 bits per heavy atom. The molecule has 9 heteroatoms. The van der Waals surface area contributed by atoms with Gasteiger partial charge in [0.1, 0.15) is 11.5 Å². The lowest BCUT2D eigenvalue weighted by Crippen LogP contribution is -2.43. The molecule has 1 unspecified atom stereocenters. The third-order valence-electron chi connectivity index (χ3n) is 4.24. The Bertz CT molecular complexity index is 863. The second-order valence-corrected chi connectivity index (χ2v) is 7.81. The lowest BCUT2D eigenvalue weighted by Gasteiger charge is -2.33. The Morgan fingerprint density at radius 2 is 1.88 bits per heavy atom. The molecule has 0 amide bonds. The van der Waals surface area contributed by atoms with Crippen molar-refractivity contribution in [2.75, 3.05) is 32.8 Å². The SMILES string of the molecule is Cc1ccc(C(CNS(=O)(=O)c2ccc(F)c(F)c2)N2CCOCC2)o1. The fourth-order valence-electron chi connectivity index (χ4n) is 2.85. The van der Waals surface area contributed by atoms with E-state index in [2.05, 4.69) is 9.62 Å². The summed E-state index contributed by atoms with van der Waals surface area (Å²) in [6.45, 7) is 4.21. The first kappa shape index (κ1) is 19.0. The second kappa shape index (κ2) is 7.83. The molecule has 1 aliphatic rings. The number of morpholine rings is 1. The maximum absolute atomic E-state index is 13.4. The molecule has 0 saturated carbocycles. The first-order chi connectivity index (χ1) is 12.4. The first-order valence-corrected chi connectivity index (χ1v) is 9.68. The molecule has 1 atom stereocenters. The summed E-state index contributed by atoms with van der Waals surface area (Å²) in [5.41, 5.74) is 0. The number of sulfonamides is 1. The van der Waals surface area contributed by atoms with Crippen molar-refractivity contribution < 1.29 is 26.4 Å². The molecule has 2 heterocycles. The van der Waals surface area contributed by atoms with Crippen molar-refractivity contribution in [3.05, 3.63) is 53.5 Å². The standard InChI is InChI=1S/C17H20F2N2O4S/c1-12-2-5-17(25-12)16(21-6-8-24-9-7-21)11-20-26(22,23)13-3-4-14(18)15(19)10-13/h2-5,10,16,20H,6-9,11H2,1H3. The molecule has 0 spiro atoms. The minimum atomic E-state index is -3.99. The van der Waals surface area contributed by atoms with Crippen molar-refractivity contribution >= 4 is 10.0 Å². The van der Waals surface area contributed by atoms with E-state index in [9.17, 15) is 17.2 Å².